The van der Waals surface area contributed by atoms with E-state index in [0.29, 0.717) is 5.92 Å². The summed E-state index contributed by atoms with van der Waals surface area (Å²) in [6, 6.07) is 17.4. The van der Waals surface area contributed by atoms with Crippen LogP contribution in [0.5, 0.6) is 0 Å². The summed E-state index contributed by atoms with van der Waals surface area (Å²) < 4.78 is 0. The summed E-state index contributed by atoms with van der Waals surface area (Å²) in [5, 5.41) is -0.0172. The highest BCUT2D eigenvalue weighted by molar-refractivity contribution is 7.19. The van der Waals surface area contributed by atoms with Gasteiger partial charge < -0.3 is 0 Å². The third kappa shape index (κ3) is 2.47. The molecule has 0 fully saturated rings. The molecule has 0 aliphatic carbocycles. The number of benzene rings is 2. The Kier molecular flexibility index (Phi) is 4.11. The molecule has 0 nitrogen and oxygen atoms in total. The molecule has 2 rings (SSSR count). The fourth-order valence-corrected chi connectivity index (χ4v) is 3.49. The van der Waals surface area contributed by atoms with Crippen LogP contribution in [0.25, 0.3) is 0 Å². The van der Waals surface area contributed by atoms with E-state index in [-0.39, 0.29) is 5.16 Å². The largest absolute Gasteiger partial charge is 0.121 e. The van der Waals surface area contributed by atoms with E-state index in [2.05, 4.69) is 85.5 Å². The topological polar surface area (TPSA) is 0 Å². The molecule has 0 amide bonds. The summed E-state index contributed by atoms with van der Waals surface area (Å²) in [7, 11) is 3.13. The van der Waals surface area contributed by atoms with E-state index in [1.807, 2.05) is 0 Å². The second-order valence-corrected chi connectivity index (χ2v) is 6.56. The maximum atomic E-state index is 3.13. The van der Waals surface area contributed by atoms with E-state index in [1.165, 1.54) is 22.3 Å². The molecule has 0 aliphatic rings. The van der Waals surface area contributed by atoms with Crippen molar-refractivity contribution in [2.24, 2.45) is 5.92 Å². The van der Waals surface area contributed by atoms with Crippen LogP contribution in [0.2, 0.25) is 0 Å². The maximum Gasteiger partial charge on any atom is 0.0372 e. The summed E-state index contributed by atoms with van der Waals surface area (Å²) >= 11 is 0. The summed E-state index contributed by atoms with van der Waals surface area (Å²) in [5.74, 6) is 0.514. The number of rotatable bonds is 3. The average molecular weight is 270 g/mol. The van der Waals surface area contributed by atoms with Crippen LogP contribution >= 0.6 is 9.24 Å². The van der Waals surface area contributed by atoms with E-state index < -0.39 is 0 Å². The van der Waals surface area contributed by atoms with Crippen molar-refractivity contribution in [3.63, 3.8) is 0 Å². The van der Waals surface area contributed by atoms with Crippen LogP contribution in [0.1, 0.15) is 36.1 Å². The summed E-state index contributed by atoms with van der Waals surface area (Å²) in [6.07, 6.45) is 0. The van der Waals surface area contributed by atoms with Gasteiger partial charge in [-0.05, 0) is 42.0 Å². The Bertz CT molecular complexity index is 524. The van der Waals surface area contributed by atoms with Gasteiger partial charge in [-0.2, -0.15) is 0 Å². The highest BCUT2D eigenvalue weighted by Gasteiger charge is 2.34. The number of hydrogen-bond acceptors (Lipinski definition) is 0. The normalized spacial score (nSPS) is 11.9. The third-order valence-electron chi connectivity index (χ3n) is 4.09. The minimum Gasteiger partial charge on any atom is -0.121 e. The van der Waals surface area contributed by atoms with Gasteiger partial charge in [0.1, 0.15) is 0 Å². The zero-order chi connectivity index (χ0) is 14.0. The summed E-state index contributed by atoms with van der Waals surface area (Å²) in [6.45, 7) is 9.00. The second kappa shape index (κ2) is 5.47. The molecule has 0 heterocycles. The van der Waals surface area contributed by atoms with Gasteiger partial charge in [0.2, 0.25) is 0 Å². The van der Waals surface area contributed by atoms with E-state index in [4.69, 9.17) is 0 Å². The Morgan fingerprint density at radius 1 is 0.789 bits per heavy atom. The van der Waals surface area contributed by atoms with Crippen LogP contribution in [0.4, 0.5) is 0 Å². The van der Waals surface area contributed by atoms with Crippen molar-refractivity contribution < 1.29 is 0 Å². The van der Waals surface area contributed by atoms with Crippen LogP contribution in [-0.2, 0) is 5.16 Å². The van der Waals surface area contributed by atoms with Crippen molar-refractivity contribution >= 4 is 9.24 Å². The summed E-state index contributed by atoms with van der Waals surface area (Å²) in [5.41, 5.74) is 5.53. The first-order chi connectivity index (χ1) is 8.98. The molecular formula is C18H23P. The Morgan fingerprint density at radius 2 is 1.16 bits per heavy atom. The molecule has 1 atom stereocenters. The van der Waals surface area contributed by atoms with Gasteiger partial charge in [-0.25, -0.2) is 0 Å². The molecule has 0 aromatic heterocycles. The number of aryl methyl sites for hydroxylation is 2. The fraction of sp³-hybridized carbons (Fsp3) is 0.333. The SMILES string of the molecule is Cc1ccccc1C(P)(c1ccccc1C)C(C)C. The molecule has 2 aromatic rings. The predicted molar refractivity (Wildman–Crippen MR) is 87.7 cm³/mol. The average Bonchev–Trinajstić information content (AvgIpc) is 2.38. The van der Waals surface area contributed by atoms with Crippen molar-refractivity contribution in [3.8, 4) is 0 Å². The van der Waals surface area contributed by atoms with Crippen molar-refractivity contribution in [2.45, 2.75) is 32.9 Å². The standard InChI is InChI=1S/C18H23P/c1-13(2)18(19,16-11-7-5-9-14(16)3)17-12-8-6-10-15(17)4/h5-13H,19H2,1-4H3. The molecule has 1 unspecified atom stereocenters. The maximum absolute atomic E-state index is 3.13. The van der Waals surface area contributed by atoms with Crippen LogP contribution in [0.3, 0.4) is 0 Å². The Balaban J connectivity index is 2.70. The van der Waals surface area contributed by atoms with E-state index in [9.17, 15) is 0 Å². The first kappa shape index (κ1) is 14.3. The molecule has 2 aromatic carbocycles. The molecular weight excluding hydrogens is 247 g/mol. The molecule has 0 spiro atoms. The molecule has 1 heteroatoms. The summed E-state index contributed by atoms with van der Waals surface area (Å²) in [4.78, 5) is 0. The second-order valence-electron chi connectivity index (χ2n) is 5.65. The van der Waals surface area contributed by atoms with Crippen molar-refractivity contribution in [1.29, 1.82) is 0 Å². The fourth-order valence-electron chi connectivity index (χ4n) is 2.84. The zero-order valence-corrected chi connectivity index (χ0v) is 13.4. The quantitative estimate of drug-likeness (QED) is 0.682. The minimum absolute atomic E-state index is 0.0172. The van der Waals surface area contributed by atoms with E-state index in [1.54, 1.807) is 0 Å². The monoisotopic (exact) mass is 270 g/mol. The van der Waals surface area contributed by atoms with E-state index >= 15 is 0 Å². The van der Waals surface area contributed by atoms with Gasteiger partial charge in [0, 0.05) is 5.16 Å². The van der Waals surface area contributed by atoms with Crippen LogP contribution in [0, 0.1) is 19.8 Å². The lowest BCUT2D eigenvalue weighted by molar-refractivity contribution is 0.512. The lowest BCUT2D eigenvalue weighted by atomic mass is 9.78. The lowest BCUT2D eigenvalue weighted by Crippen LogP contribution is -2.28. The van der Waals surface area contributed by atoms with Crippen LogP contribution in [0.15, 0.2) is 48.5 Å². The molecule has 0 radical (unpaired) electrons. The molecule has 0 saturated heterocycles. The predicted octanol–water partition coefficient (Wildman–Crippen LogP) is 5.08. The van der Waals surface area contributed by atoms with Crippen molar-refractivity contribution in [1.82, 2.24) is 0 Å². The highest BCUT2D eigenvalue weighted by Crippen LogP contribution is 2.47. The first-order valence-electron chi connectivity index (χ1n) is 6.89. The third-order valence-corrected chi connectivity index (χ3v) is 5.38. The first-order valence-corrected chi connectivity index (χ1v) is 7.46. The van der Waals surface area contributed by atoms with Crippen molar-refractivity contribution in [3.05, 3.63) is 70.8 Å². The lowest BCUT2D eigenvalue weighted by Gasteiger charge is -2.37. The Labute approximate surface area is 119 Å². The Morgan fingerprint density at radius 3 is 1.47 bits per heavy atom. The van der Waals surface area contributed by atoms with Gasteiger partial charge in [0.05, 0.1) is 0 Å². The van der Waals surface area contributed by atoms with Gasteiger partial charge >= 0.3 is 0 Å². The minimum atomic E-state index is -0.0172. The van der Waals surface area contributed by atoms with Gasteiger partial charge in [-0.3, -0.25) is 0 Å². The molecule has 0 saturated carbocycles. The van der Waals surface area contributed by atoms with E-state index in [0.717, 1.165) is 0 Å². The highest BCUT2D eigenvalue weighted by atomic mass is 31.0. The molecule has 19 heavy (non-hydrogen) atoms. The zero-order valence-electron chi connectivity index (χ0n) is 12.3. The van der Waals surface area contributed by atoms with Crippen LogP contribution in [-0.4, -0.2) is 0 Å². The van der Waals surface area contributed by atoms with Crippen molar-refractivity contribution in [2.75, 3.05) is 0 Å². The molecule has 100 valence electrons. The molecule has 0 N–H and O–H groups in total. The van der Waals surface area contributed by atoms with Gasteiger partial charge in [-0.15, -0.1) is 9.24 Å². The molecule has 0 aliphatic heterocycles. The van der Waals surface area contributed by atoms with Gasteiger partial charge in [-0.1, -0.05) is 62.4 Å². The van der Waals surface area contributed by atoms with Gasteiger partial charge in [0.25, 0.3) is 0 Å². The Hall–Kier alpha value is -1.13. The van der Waals surface area contributed by atoms with Crippen LogP contribution < -0.4 is 0 Å². The smallest absolute Gasteiger partial charge is 0.0372 e. The number of hydrogen-bond donors (Lipinski definition) is 0. The van der Waals surface area contributed by atoms with Gasteiger partial charge in [0.15, 0.2) is 0 Å². The molecule has 0 bridgehead atoms.